The number of benzene rings is 3. The van der Waals surface area contributed by atoms with Crippen molar-refractivity contribution in [3.05, 3.63) is 89.0 Å². The second-order valence-corrected chi connectivity index (χ2v) is 13.4. The van der Waals surface area contributed by atoms with Crippen LogP contribution in [0.1, 0.15) is 61.3 Å². The molecular formula is C34H43N3O5S. The van der Waals surface area contributed by atoms with Gasteiger partial charge in [-0.15, -0.1) is 0 Å². The lowest BCUT2D eigenvalue weighted by Gasteiger charge is -2.33. The van der Waals surface area contributed by atoms with Gasteiger partial charge in [0.15, 0.2) is 0 Å². The van der Waals surface area contributed by atoms with Gasteiger partial charge in [0.2, 0.25) is 11.8 Å². The maximum Gasteiger partial charge on any atom is 0.264 e. The summed E-state index contributed by atoms with van der Waals surface area (Å²) in [5.74, 6) is -0.415. The highest BCUT2D eigenvalue weighted by Crippen LogP contribution is 2.34. The fraction of sp³-hybridized carbons (Fsp3) is 0.412. The van der Waals surface area contributed by atoms with E-state index in [1.54, 1.807) is 31.2 Å². The summed E-state index contributed by atoms with van der Waals surface area (Å²) in [6.45, 7) is 7.06. The van der Waals surface area contributed by atoms with Gasteiger partial charge < -0.3 is 15.0 Å². The van der Waals surface area contributed by atoms with Crippen molar-refractivity contribution in [3.8, 4) is 5.75 Å². The maximum atomic E-state index is 14.3. The van der Waals surface area contributed by atoms with Gasteiger partial charge in [0.1, 0.15) is 18.3 Å². The van der Waals surface area contributed by atoms with Crippen LogP contribution in [0.25, 0.3) is 0 Å². The lowest BCUT2D eigenvalue weighted by Crippen LogP contribution is -2.53. The van der Waals surface area contributed by atoms with Crippen LogP contribution >= 0.6 is 0 Å². The summed E-state index contributed by atoms with van der Waals surface area (Å²) >= 11 is 0. The van der Waals surface area contributed by atoms with Gasteiger partial charge in [0.05, 0.1) is 17.7 Å². The number of hydrogen-bond donors (Lipinski definition) is 1. The van der Waals surface area contributed by atoms with E-state index in [4.69, 9.17) is 4.74 Å². The number of anilines is 1. The normalized spacial score (nSPS) is 14.5. The summed E-state index contributed by atoms with van der Waals surface area (Å²) in [6.07, 6.45) is 5.12. The minimum Gasteiger partial charge on any atom is -0.495 e. The third-order valence-corrected chi connectivity index (χ3v) is 9.86. The Morgan fingerprint density at radius 2 is 1.47 bits per heavy atom. The SMILES string of the molecule is COc1ccc(C)cc1N(CC(=O)N(Cc1ccc(C)cc1)[C@@H](C)C(=O)NC1CCCCC1)S(=O)(=O)c1ccc(C)cc1. The van der Waals surface area contributed by atoms with E-state index >= 15 is 0 Å². The number of nitrogens with one attached hydrogen (secondary N) is 1. The molecule has 2 amide bonds. The smallest absolute Gasteiger partial charge is 0.264 e. The first-order valence-corrected chi connectivity index (χ1v) is 16.3. The molecule has 0 radical (unpaired) electrons. The number of sulfonamides is 1. The Bertz CT molecular complexity index is 1510. The summed E-state index contributed by atoms with van der Waals surface area (Å²) in [5, 5.41) is 3.14. The van der Waals surface area contributed by atoms with Gasteiger partial charge in [-0.3, -0.25) is 13.9 Å². The molecule has 9 heteroatoms. The van der Waals surface area contributed by atoms with E-state index in [2.05, 4.69) is 5.32 Å². The largest absolute Gasteiger partial charge is 0.495 e. The number of carbonyl (C=O) groups is 2. The first kappa shape index (κ1) is 32.1. The Hall–Kier alpha value is -3.85. The van der Waals surface area contributed by atoms with E-state index in [0.29, 0.717) is 5.75 Å². The van der Waals surface area contributed by atoms with Gasteiger partial charge in [-0.2, -0.15) is 0 Å². The predicted octanol–water partition coefficient (Wildman–Crippen LogP) is 5.68. The molecule has 0 aromatic heterocycles. The van der Waals surface area contributed by atoms with Crippen LogP contribution in [0.3, 0.4) is 0 Å². The molecule has 0 spiro atoms. The van der Waals surface area contributed by atoms with Crippen molar-refractivity contribution >= 4 is 27.5 Å². The second-order valence-electron chi connectivity index (χ2n) is 11.5. The van der Waals surface area contributed by atoms with E-state index < -0.39 is 28.5 Å². The molecule has 0 saturated heterocycles. The van der Waals surface area contributed by atoms with E-state index in [9.17, 15) is 18.0 Å². The molecule has 1 aliphatic carbocycles. The van der Waals surface area contributed by atoms with Crippen molar-refractivity contribution in [3.63, 3.8) is 0 Å². The Morgan fingerprint density at radius 3 is 2.07 bits per heavy atom. The van der Waals surface area contributed by atoms with Crippen LogP contribution in [-0.2, 0) is 26.2 Å². The van der Waals surface area contributed by atoms with Gasteiger partial charge >= 0.3 is 0 Å². The number of amides is 2. The Labute approximate surface area is 256 Å². The van der Waals surface area contributed by atoms with Crippen molar-refractivity contribution in [1.82, 2.24) is 10.2 Å². The molecule has 0 aliphatic heterocycles. The molecule has 0 unspecified atom stereocenters. The Balaban J connectivity index is 1.72. The van der Waals surface area contributed by atoms with Crippen LogP contribution < -0.4 is 14.4 Å². The molecule has 4 rings (SSSR count). The van der Waals surface area contributed by atoms with Crippen LogP contribution in [0, 0.1) is 20.8 Å². The van der Waals surface area contributed by atoms with E-state index in [-0.39, 0.29) is 29.1 Å². The van der Waals surface area contributed by atoms with Crippen LogP contribution in [0.15, 0.2) is 71.6 Å². The Morgan fingerprint density at radius 1 is 0.884 bits per heavy atom. The number of methoxy groups -OCH3 is 1. The highest BCUT2D eigenvalue weighted by Gasteiger charge is 2.34. The third kappa shape index (κ3) is 7.96. The van der Waals surface area contributed by atoms with Crippen molar-refractivity contribution in [2.45, 2.75) is 83.3 Å². The fourth-order valence-corrected chi connectivity index (χ4v) is 6.80. The molecule has 230 valence electrons. The third-order valence-electron chi connectivity index (χ3n) is 8.08. The van der Waals surface area contributed by atoms with Crippen LogP contribution in [0.5, 0.6) is 5.75 Å². The summed E-state index contributed by atoms with van der Waals surface area (Å²) < 4.78 is 35.0. The monoisotopic (exact) mass is 605 g/mol. The molecule has 1 fully saturated rings. The minimum absolute atomic E-state index is 0.0580. The quantitative estimate of drug-likeness (QED) is 0.303. The van der Waals surface area contributed by atoms with Gasteiger partial charge in [-0.1, -0.05) is 72.9 Å². The lowest BCUT2D eigenvalue weighted by atomic mass is 9.95. The van der Waals surface area contributed by atoms with Gasteiger partial charge in [-0.05, 0) is 75.9 Å². The molecule has 1 N–H and O–H groups in total. The number of carbonyl (C=O) groups excluding carboxylic acids is 2. The molecule has 1 saturated carbocycles. The molecule has 0 bridgehead atoms. The fourth-order valence-electron chi connectivity index (χ4n) is 5.39. The molecule has 0 heterocycles. The summed E-state index contributed by atoms with van der Waals surface area (Å²) in [5.41, 5.74) is 3.90. The molecule has 43 heavy (non-hydrogen) atoms. The highest BCUT2D eigenvalue weighted by atomic mass is 32.2. The number of hydrogen-bond acceptors (Lipinski definition) is 5. The van der Waals surface area contributed by atoms with Gasteiger partial charge in [0.25, 0.3) is 10.0 Å². The maximum absolute atomic E-state index is 14.3. The zero-order valence-electron chi connectivity index (χ0n) is 25.8. The number of ether oxygens (including phenoxy) is 1. The Kier molecular flexibility index (Phi) is 10.5. The first-order valence-electron chi connectivity index (χ1n) is 14.9. The predicted molar refractivity (Wildman–Crippen MR) is 170 cm³/mol. The molecule has 3 aromatic rings. The average molecular weight is 606 g/mol. The number of nitrogens with zero attached hydrogens (tertiary/aromatic N) is 2. The summed E-state index contributed by atoms with van der Waals surface area (Å²) in [7, 11) is -2.72. The van der Waals surface area contributed by atoms with Crippen LogP contribution in [0.4, 0.5) is 5.69 Å². The van der Waals surface area contributed by atoms with Gasteiger partial charge in [-0.25, -0.2) is 8.42 Å². The molecule has 1 aliphatic rings. The summed E-state index contributed by atoms with van der Waals surface area (Å²) in [6, 6.07) is 18.7. The zero-order chi connectivity index (χ0) is 31.1. The highest BCUT2D eigenvalue weighted by molar-refractivity contribution is 7.92. The van der Waals surface area contributed by atoms with Crippen molar-refractivity contribution < 1.29 is 22.7 Å². The second kappa shape index (κ2) is 14.1. The summed E-state index contributed by atoms with van der Waals surface area (Å²) in [4.78, 5) is 29.3. The molecule has 8 nitrogen and oxygen atoms in total. The van der Waals surface area contributed by atoms with Crippen LogP contribution in [0.2, 0.25) is 0 Å². The van der Waals surface area contributed by atoms with Crippen molar-refractivity contribution in [2.75, 3.05) is 18.0 Å². The van der Waals surface area contributed by atoms with Crippen LogP contribution in [-0.4, -0.2) is 50.9 Å². The average Bonchev–Trinajstić information content (AvgIpc) is 2.99. The van der Waals surface area contributed by atoms with E-state index in [1.165, 1.54) is 24.1 Å². The standard InChI is InChI=1S/C34H43N3O5S/c1-24-11-16-28(17-12-24)22-36(27(4)34(39)35-29-9-7-6-8-10-29)33(38)23-37(31-21-26(3)15-20-32(31)42-5)43(40,41)30-18-13-25(2)14-19-30/h11-21,27,29H,6-10,22-23H2,1-5H3,(H,35,39)/t27-/m0/s1. The topological polar surface area (TPSA) is 96.0 Å². The molecular weight excluding hydrogens is 562 g/mol. The van der Waals surface area contributed by atoms with E-state index in [1.807, 2.05) is 51.1 Å². The number of aryl methyl sites for hydroxylation is 3. The zero-order valence-corrected chi connectivity index (χ0v) is 26.6. The van der Waals surface area contributed by atoms with Gasteiger partial charge in [0, 0.05) is 12.6 Å². The first-order chi connectivity index (χ1) is 20.5. The van der Waals surface area contributed by atoms with Crippen molar-refractivity contribution in [2.24, 2.45) is 0 Å². The molecule has 1 atom stereocenters. The molecule has 3 aromatic carbocycles. The van der Waals surface area contributed by atoms with E-state index in [0.717, 1.165) is 58.7 Å². The number of rotatable bonds is 11. The minimum atomic E-state index is -4.19. The van der Waals surface area contributed by atoms with Crippen molar-refractivity contribution in [1.29, 1.82) is 0 Å². The lowest BCUT2D eigenvalue weighted by molar-refractivity contribution is -0.139.